The van der Waals surface area contributed by atoms with Crippen LogP contribution >= 0.6 is 15.9 Å². The van der Waals surface area contributed by atoms with Gasteiger partial charge in [0, 0.05) is 10.7 Å². The number of esters is 3. The molecule has 0 saturated heterocycles. The van der Waals surface area contributed by atoms with Gasteiger partial charge < -0.3 is 14.2 Å². The lowest BCUT2D eigenvalue weighted by Gasteiger charge is -2.13. The first-order valence-electron chi connectivity index (χ1n) is 5.35. The first-order valence-corrected chi connectivity index (χ1v) is 6.15. The van der Waals surface area contributed by atoms with E-state index in [1.807, 2.05) is 0 Å². The highest BCUT2D eigenvalue weighted by Gasteiger charge is 2.34. The Labute approximate surface area is 123 Å². The van der Waals surface area contributed by atoms with Crippen LogP contribution in [0.2, 0.25) is 0 Å². The van der Waals surface area contributed by atoms with E-state index in [2.05, 4.69) is 35.1 Å². The van der Waals surface area contributed by atoms with Gasteiger partial charge in [0.25, 0.3) is 0 Å². The number of hydrogen-bond acceptors (Lipinski definition) is 7. The van der Waals surface area contributed by atoms with Crippen LogP contribution in [0, 0.1) is 0 Å². The summed E-state index contributed by atoms with van der Waals surface area (Å²) in [5.41, 5.74) is 0.271. The van der Waals surface area contributed by atoms with E-state index in [1.165, 1.54) is 19.4 Å². The Balaban J connectivity index is 3.25. The summed E-state index contributed by atoms with van der Waals surface area (Å²) < 4.78 is 13.9. The van der Waals surface area contributed by atoms with Crippen LogP contribution in [-0.2, 0) is 23.8 Å². The van der Waals surface area contributed by atoms with E-state index in [0.717, 1.165) is 14.2 Å². The fraction of sp³-hybridized carbons (Fsp3) is 0.333. The van der Waals surface area contributed by atoms with Gasteiger partial charge in [-0.1, -0.05) is 0 Å². The average Bonchev–Trinajstić information content (AvgIpc) is 2.47. The van der Waals surface area contributed by atoms with Gasteiger partial charge in [0.1, 0.15) is 0 Å². The van der Waals surface area contributed by atoms with Crippen LogP contribution < -0.4 is 0 Å². The minimum absolute atomic E-state index is 0.0938. The molecule has 1 aromatic rings. The van der Waals surface area contributed by atoms with E-state index in [-0.39, 0.29) is 11.3 Å². The van der Waals surface area contributed by atoms with Crippen LogP contribution in [0.3, 0.4) is 0 Å². The van der Waals surface area contributed by atoms with E-state index >= 15 is 0 Å². The molecule has 0 spiro atoms. The molecule has 108 valence electrons. The molecule has 8 heteroatoms. The molecular weight excluding hydrogens is 334 g/mol. The molecule has 0 aliphatic carbocycles. The quantitative estimate of drug-likeness (QED) is 0.457. The van der Waals surface area contributed by atoms with Crippen LogP contribution in [0.5, 0.6) is 0 Å². The lowest BCUT2D eigenvalue weighted by molar-refractivity contribution is -0.154. The van der Waals surface area contributed by atoms with E-state index < -0.39 is 23.8 Å². The van der Waals surface area contributed by atoms with Gasteiger partial charge in [-0.3, -0.25) is 14.6 Å². The molecule has 0 radical (unpaired) electrons. The molecule has 0 amide bonds. The first kappa shape index (κ1) is 16.1. The monoisotopic (exact) mass is 345 g/mol. The Bertz CT molecular complexity index is 529. The van der Waals surface area contributed by atoms with Crippen molar-refractivity contribution >= 4 is 33.8 Å². The number of nitrogens with zero attached hydrogens (tertiary/aromatic N) is 1. The number of rotatable bonds is 4. The number of carbonyl (C=O) groups is 3. The highest BCUT2D eigenvalue weighted by atomic mass is 79.9. The van der Waals surface area contributed by atoms with Crippen LogP contribution in [-0.4, -0.2) is 44.2 Å². The lowest BCUT2D eigenvalue weighted by atomic mass is 10.0. The molecule has 7 nitrogen and oxygen atoms in total. The summed E-state index contributed by atoms with van der Waals surface area (Å²) in [5, 5.41) is 0. The number of halogens is 1. The molecule has 0 aliphatic heterocycles. The minimum Gasteiger partial charge on any atom is -0.468 e. The number of ether oxygens (including phenoxy) is 3. The van der Waals surface area contributed by atoms with E-state index in [4.69, 9.17) is 0 Å². The summed E-state index contributed by atoms with van der Waals surface area (Å²) in [6.07, 6.45) is 1.20. The van der Waals surface area contributed by atoms with Gasteiger partial charge in [-0.15, -0.1) is 0 Å². The summed E-state index contributed by atoms with van der Waals surface area (Å²) in [4.78, 5) is 38.6. The summed E-state index contributed by atoms with van der Waals surface area (Å²) in [6.45, 7) is 0. The molecule has 0 aromatic carbocycles. The third-order valence-corrected chi connectivity index (χ3v) is 3.07. The van der Waals surface area contributed by atoms with Gasteiger partial charge in [-0.05, 0) is 22.0 Å². The summed E-state index contributed by atoms with van der Waals surface area (Å²) in [6, 6.07) is 1.40. The summed E-state index contributed by atoms with van der Waals surface area (Å²) >= 11 is 3.15. The predicted molar refractivity (Wildman–Crippen MR) is 70.0 cm³/mol. The van der Waals surface area contributed by atoms with Crippen molar-refractivity contribution in [3.05, 3.63) is 28.0 Å². The summed E-state index contributed by atoms with van der Waals surface area (Å²) in [5.74, 6) is -3.53. The van der Waals surface area contributed by atoms with Crippen molar-refractivity contribution in [3.63, 3.8) is 0 Å². The van der Waals surface area contributed by atoms with Crippen LogP contribution in [0.1, 0.15) is 22.0 Å². The predicted octanol–water partition coefficient (Wildman–Crippen LogP) is 1.06. The first-order chi connectivity index (χ1) is 9.46. The van der Waals surface area contributed by atoms with E-state index in [1.54, 1.807) is 0 Å². The Morgan fingerprint density at radius 1 is 1.10 bits per heavy atom. The topological polar surface area (TPSA) is 91.8 Å². The smallest absolute Gasteiger partial charge is 0.339 e. The zero-order valence-electron chi connectivity index (χ0n) is 11.0. The molecule has 0 bridgehead atoms. The van der Waals surface area contributed by atoms with Crippen molar-refractivity contribution in [1.29, 1.82) is 0 Å². The van der Waals surface area contributed by atoms with Gasteiger partial charge in [0.2, 0.25) is 0 Å². The molecule has 20 heavy (non-hydrogen) atoms. The fourth-order valence-electron chi connectivity index (χ4n) is 1.45. The second-order valence-electron chi connectivity index (χ2n) is 3.56. The number of hydrogen-bond donors (Lipinski definition) is 0. The second kappa shape index (κ2) is 6.99. The van der Waals surface area contributed by atoms with Crippen molar-refractivity contribution in [1.82, 2.24) is 4.98 Å². The van der Waals surface area contributed by atoms with Crippen LogP contribution in [0.4, 0.5) is 0 Å². The van der Waals surface area contributed by atoms with Gasteiger partial charge in [-0.2, -0.15) is 0 Å². The van der Waals surface area contributed by atoms with Crippen molar-refractivity contribution in [3.8, 4) is 0 Å². The van der Waals surface area contributed by atoms with E-state index in [9.17, 15) is 14.4 Å². The fourth-order valence-corrected chi connectivity index (χ4v) is 2.02. The SMILES string of the molecule is COC(=O)c1cnc(C(C(=O)OC)C(=O)OC)c(Br)c1. The Morgan fingerprint density at radius 2 is 1.65 bits per heavy atom. The zero-order valence-corrected chi connectivity index (χ0v) is 12.6. The number of pyridine rings is 1. The Hall–Kier alpha value is -1.96. The molecular formula is C12H12BrNO6. The maximum absolute atomic E-state index is 11.7. The Morgan fingerprint density at radius 3 is 2.05 bits per heavy atom. The average molecular weight is 346 g/mol. The van der Waals surface area contributed by atoms with Gasteiger partial charge >= 0.3 is 17.9 Å². The third-order valence-electron chi connectivity index (χ3n) is 2.44. The normalized spacial score (nSPS) is 10.1. The van der Waals surface area contributed by atoms with Gasteiger partial charge in [-0.25, -0.2) is 4.79 Å². The summed E-state index contributed by atoms with van der Waals surface area (Å²) in [7, 11) is 3.53. The third kappa shape index (κ3) is 3.32. The molecule has 1 aromatic heterocycles. The largest absolute Gasteiger partial charge is 0.468 e. The molecule has 0 N–H and O–H groups in total. The van der Waals surface area contributed by atoms with Crippen molar-refractivity contribution in [2.45, 2.75) is 5.92 Å². The molecule has 0 fully saturated rings. The number of aromatic nitrogens is 1. The van der Waals surface area contributed by atoms with Crippen molar-refractivity contribution < 1.29 is 28.6 Å². The highest BCUT2D eigenvalue weighted by Crippen LogP contribution is 2.26. The van der Waals surface area contributed by atoms with Crippen molar-refractivity contribution in [2.75, 3.05) is 21.3 Å². The lowest BCUT2D eigenvalue weighted by Crippen LogP contribution is -2.26. The number of carbonyl (C=O) groups excluding carboxylic acids is 3. The molecule has 1 heterocycles. The highest BCUT2D eigenvalue weighted by molar-refractivity contribution is 9.10. The maximum Gasteiger partial charge on any atom is 0.339 e. The second-order valence-corrected chi connectivity index (χ2v) is 4.42. The molecule has 0 saturated carbocycles. The standard InChI is InChI=1S/C12H12BrNO6/c1-18-10(15)6-4-7(13)9(14-5-6)8(11(16)19-2)12(17)20-3/h4-5,8H,1-3H3. The van der Waals surface area contributed by atoms with Crippen LogP contribution in [0.15, 0.2) is 16.7 Å². The Kier molecular flexibility index (Phi) is 5.63. The molecule has 0 atom stereocenters. The van der Waals surface area contributed by atoms with Gasteiger partial charge in [0.05, 0.1) is 32.6 Å². The minimum atomic E-state index is -1.33. The number of methoxy groups -OCH3 is 3. The van der Waals surface area contributed by atoms with Gasteiger partial charge in [0.15, 0.2) is 5.92 Å². The maximum atomic E-state index is 11.7. The molecule has 0 unspecified atom stereocenters. The van der Waals surface area contributed by atoms with Crippen molar-refractivity contribution in [2.24, 2.45) is 0 Å². The van der Waals surface area contributed by atoms with E-state index in [0.29, 0.717) is 4.47 Å². The molecule has 0 aliphatic rings. The zero-order chi connectivity index (χ0) is 15.3. The molecule has 1 rings (SSSR count). The van der Waals surface area contributed by atoms with Crippen LogP contribution in [0.25, 0.3) is 0 Å².